The summed E-state index contributed by atoms with van der Waals surface area (Å²) in [5.74, 6) is -0.205. The largest absolute Gasteiger partial charge is 0.380 e. The second-order valence-electron chi connectivity index (χ2n) is 8.98. The molecule has 0 unspecified atom stereocenters. The Morgan fingerprint density at radius 1 is 1.03 bits per heavy atom. The average Bonchev–Trinajstić information content (AvgIpc) is 2.76. The lowest BCUT2D eigenvalue weighted by Crippen LogP contribution is -2.48. The summed E-state index contributed by atoms with van der Waals surface area (Å²) in [5.41, 5.74) is 1.40. The molecule has 8 heteroatoms. The van der Waals surface area contributed by atoms with Crippen LogP contribution in [0.4, 0.5) is 5.69 Å². The third-order valence-electron chi connectivity index (χ3n) is 5.82. The molecule has 8 nitrogen and oxygen atoms in total. The Hall–Kier alpha value is -2.74. The minimum absolute atomic E-state index is 0.134. The van der Waals surface area contributed by atoms with Gasteiger partial charge in [0.2, 0.25) is 23.6 Å². The fraction of sp³-hybridized carbons (Fsp3) is 0.600. The topological polar surface area (TPSA) is 87.2 Å². The monoisotopic (exact) mass is 459 g/mol. The lowest BCUT2D eigenvalue weighted by atomic mass is 10.1. The van der Waals surface area contributed by atoms with Crippen molar-refractivity contribution in [2.75, 3.05) is 45.3 Å². The average molecular weight is 460 g/mol. The quantitative estimate of drug-likeness (QED) is 0.257. The number of β-lactam (4-membered cyclic amide) rings is 1. The van der Waals surface area contributed by atoms with Crippen LogP contribution in [-0.2, 0) is 30.3 Å². The number of ether oxygens (including phenoxy) is 1. The Labute approximate surface area is 196 Å². The van der Waals surface area contributed by atoms with Gasteiger partial charge in [-0.15, -0.1) is 0 Å². The van der Waals surface area contributed by atoms with Gasteiger partial charge in [0.05, 0.1) is 13.0 Å². The second kappa shape index (κ2) is 13.1. The van der Waals surface area contributed by atoms with Crippen LogP contribution in [-0.4, -0.2) is 73.8 Å². The van der Waals surface area contributed by atoms with Gasteiger partial charge >= 0.3 is 0 Å². The summed E-state index contributed by atoms with van der Waals surface area (Å²) in [7, 11) is 3.29. The van der Waals surface area contributed by atoms with Gasteiger partial charge in [0.1, 0.15) is 6.42 Å². The normalized spacial score (nSPS) is 13.1. The Bertz CT molecular complexity index is 822. The molecule has 0 N–H and O–H groups in total. The molecule has 0 aliphatic carbocycles. The van der Waals surface area contributed by atoms with E-state index in [1.807, 2.05) is 0 Å². The van der Waals surface area contributed by atoms with Gasteiger partial charge in [-0.2, -0.15) is 0 Å². The molecule has 1 aromatic rings. The molecule has 33 heavy (non-hydrogen) atoms. The number of hydrogen-bond acceptors (Lipinski definition) is 5. The predicted octanol–water partition coefficient (Wildman–Crippen LogP) is 2.64. The first-order valence-electron chi connectivity index (χ1n) is 11.7. The molecule has 4 amide bonds. The van der Waals surface area contributed by atoms with Crippen molar-refractivity contribution in [3.63, 3.8) is 0 Å². The first kappa shape index (κ1) is 26.5. The van der Waals surface area contributed by atoms with E-state index in [-0.39, 0.29) is 36.5 Å². The molecule has 1 saturated heterocycles. The van der Waals surface area contributed by atoms with Crippen LogP contribution in [0.5, 0.6) is 0 Å². The molecule has 182 valence electrons. The Kier molecular flexibility index (Phi) is 10.5. The third kappa shape index (κ3) is 8.61. The number of anilines is 1. The van der Waals surface area contributed by atoms with Gasteiger partial charge in [0.15, 0.2) is 0 Å². The maximum absolute atomic E-state index is 12.5. The van der Waals surface area contributed by atoms with Crippen LogP contribution in [0.1, 0.15) is 51.5 Å². The maximum atomic E-state index is 12.5. The third-order valence-corrected chi connectivity index (χ3v) is 5.82. The van der Waals surface area contributed by atoms with Crippen molar-refractivity contribution in [2.24, 2.45) is 5.92 Å². The van der Waals surface area contributed by atoms with Gasteiger partial charge in [0, 0.05) is 45.9 Å². The number of amides is 4. The summed E-state index contributed by atoms with van der Waals surface area (Å²) in [6.45, 7) is 6.49. The number of likely N-dealkylation sites (tertiary alicyclic amines) is 1. The number of unbranched alkanes of at least 4 members (excludes halogenated alkanes) is 1. The van der Waals surface area contributed by atoms with Crippen molar-refractivity contribution in [2.45, 2.75) is 52.4 Å². The fourth-order valence-electron chi connectivity index (χ4n) is 3.40. The van der Waals surface area contributed by atoms with Crippen molar-refractivity contribution < 1.29 is 23.9 Å². The summed E-state index contributed by atoms with van der Waals surface area (Å²) >= 11 is 0. The second-order valence-corrected chi connectivity index (χ2v) is 8.98. The van der Waals surface area contributed by atoms with E-state index < -0.39 is 0 Å². The van der Waals surface area contributed by atoms with Crippen LogP contribution >= 0.6 is 0 Å². The lowest BCUT2D eigenvalue weighted by molar-refractivity contribution is -0.152. The van der Waals surface area contributed by atoms with Crippen molar-refractivity contribution in [1.82, 2.24) is 9.80 Å². The first-order valence-corrected chi connectivity index (χ1v) is 11.7. The first-order chi connectivity index (χ1) is 15.7. The van der Waals surface area contributed by atoms with Crippen molar-refractivity contribution in [3.05, 3.63) is 29.8 Å². The summed E-state index contributed by atoms with van der Waals surface area (Å²) in [6.07, 6.45) is 3.70. The van der Waals surface area contributed by atoms with Crippen LogP contribution in [0.15, 0.2) is 24.3 Å². The molecule has 0 saturated carbocycles. The van der Waals surface area contributed by atoms with Crippen LogP contribution in [0, 0.1) is 5.92 Å². The molecule has 0 atom stereocenters. The highest BCUT2D eigenvalue weighted by Gasteiger charge is 2.29. The van der Waals surface area contributed by atoms with Gasteiger partial charge in [0.25, 0.3) is 0 Å². The Morgan fingerprint density at radius 3 is 2.30 bits per heavy atom. The maximum Gasteiger partial charge on any atom is 0.236 e. The number of rotatable bonds is 13. The number of benzene rings is 1. The molecule has 0 spiro atoms. The van der Waals surface area contributed by atoms with Crippen LogP contribution in [0.2, 0.25) is 0 Å². The highest BCUT2D eigenvalue weighted by Crippen LogP contribution is 2.17. The van der Waals surface area contributed by atoms with Gasteiger partial charge in [-0.05, 0) is 30.0 Å². The van der Waals surface area contributed by atoms with E-state index >= 15 is 0 Å². The molecule has 1 fully saturated rings. The molecule has 1 heterocycles. The van der Waals surface area contributed by atoms with Gasteiger partial charge in [-0.1, -0.05) is 38.8 Å². The number of nitrogens with zero attached hydrogens (tertiary/aromatic N) is 3. The van der Waals surface area contributed by atoms with Crippen molar-refractivity contribution in [3.8, 4) is 0 Å². The van der Waals surface area contributed by atoms with Crippen LogP contribution in [0.25, 0.3) is 0 Å². The van der Waals surface area contributed by atoms with E-state index in [9.17, 15) is 19.2 Å². The van der Waals surface area contributed by atoms with Crippen molar-refractivity contribution >= 4 is 29.3 Å². The number of carbonyl (C=O) groups excluding carboxylic acids is 4. The molecule has 0 radical (unpaired) electrons. The molecule has 1 aliphatic heterocycles. The molecule has 0 aromatic heterocycles. The Balaban J connectivity index is 1.71. The number of carbonyl (C=O) groups is 4. The summed E-state index contributed by atoms with van der Waals surface area (Å²) in [6, 6.07) is 6.99. The zero-order valence-electron chi connectivity index (χ0n) is 20.3. The minimum Gasteiger partial charge on any atom is -0.380 e. The standard InChI is InChI=1S/C25H37N3O5/c1-19(2)7-5-6-15-33-16-14-26(3)23(30)18-24(31)27(4)21-10-8-20(9-11-21)17-25(32)28-13-12-22(28)29/h8-11,19H,5-7,12-18H2,1-4H3. The smallest absolute Gasteiger partial charge is 0.236 e. The van der Waals surface area contributed by atoms with Gasteiger partial charge < -0.3 is 14.5 Å². The molecule has 1 aromatic carbocycles. The van der Waals surface area contributed by atoms with Crippen molar-refractivity contribution in [1.29, 1.82) is 0 Å². The summed E-state index contributed by atoms with van der Waals surface area (Å²) in [4.78, 5) is 52.6. The van der Waals surface area contributed by atoms with E-state index in [4.69, 9.17) is 4.74 Å². The highest BCUT2D eigenvalue weighted by atomic mass is 16.5. The zero-order chi connectivity index (χ0) is 24.4. The lowest BCUT2D eigenvalue weighted by Gasteiger charge is -2.28. The minimum atomic E-state index is -0.309. The van der Waals surface area contributed by atoms with E-state index in [0.717, 1.165) is 18.4 Å². The Morgan fingerprint density at radius 2 is 1.73 bits per heavy atom. The number of hydrogen-bond donors (Lipinski definition) is 0. The van der Waals surface area contributed by atoms with Gasteiger partial charge in [-0.3, -0.25) is 24.1 Å². The molecular formula is C25H37N3O5. The fourth-order valence-corrected chi connectivity index (χ4v) is 3.40. The van der Waals surface area contributed by atoms with Gasteiger partial charge in [-0.25, -0.2) is 0 Å². The number of likely N-dealkylation sites (N-methyl/N-ethyl adjacent to an activating group) is 1. The summed E-state index contributed by atoms with van der Waals surface area (Å²) in [5, 5.41) is 0. The van der Waals surface area contributed by atoms with Crippen LogP contribution in [0.3, 0.4) is 0 Å². The predicted molar refractivity (Wildman–Crippen MR) is 127 cm³/mol. The molecule has 0 bridgehead atoms. The van der Waals surface area contributed by atoms with E-state index in [2.05, 4.69) is 13.8 Å². The van der Waals surface area contributed by atoms with Crippen LogP contribution < -0.4 is 4.90 Å². The molecular weight excluding hydrogens is 422 g/mol. The van der Waals surface area contributed by atoms with E-state index in [1.165, 1.54) is 21.1 Å². The van der Waals surface area contributed by atoms with E-state index in [0.29, 0.717) is 44.3 Å². The molecule has 1 aliphatic rings. The zero-order valence-corrected chi connectivity index (χ0v) is 20.3. The number of imide groups is 1. The molecule has 2 rings (SSSR count). The van der Waals surface area contributed by atoms with E-state index in [1.54, 1.807) is 38.4 Å². The SMILES string of the molecule is CC(C)CCCCOCCN(C)C(=O)CC(=O)N(C)c1ccc(CC(=O)N2CCC2=O)cc1. The summed E-state index contributed by atoms with van der Waals surface area (Å²) < 4.78 is 5.59. The highest BCUT2D eigenvalue weighted by molar-refractivity contribution is 6.04.